The minimum absolute atomic E-state index is 0.103. The minimum Gasteiger partial charge on any atom is -0.444 e. The second kappa shape index (κ2) is 11.4. The van der Waals surface area contributed by atoms with E-state index in [2.05, 4.69) is 56.9 Å². The third kappa shape index (κ3) is 6.18. The molecule has 1 aliphatic carbocycles. The predicted octanol–water partition coefficient (Wildman–Crippen LogP) is 7.76. The van der Waals surface area contributed by atoms with Gasteiger partial charge in [0.15, 0.2) is 0 Å². The van der Waals surface area contributed by atoms with Crippen LogP contribution in [0.3, 0.4) is 0 Å². The first-order valence-electron chi connectivity index (χ1n) is 14.7. The van der Waals surface area contributed by atoms with Crippen LogP contribution >= 0.6 is 0 Å². The average molecular weight is 560 g/mol. The molecule has 214 valence electrons. The molecule has 2 aliphatic rings. The Hall–Kier alpha value is -4.57. The molecule has 7 heteroatoms. The Morgan fingerprint density at radius 3 is 2.00 bits per heavy atom. The van der Waals surface area contributed by atoms with Gasteiger partial charge in [-0.05, 0) is 88.8 Å². The number of amides is 1. The summed E-state index contributed by atoms with van der Waals surface area (Å²) >= 11 is 0. The Bertz CT molecular complexity index is 1660. The molecule has 2 aromatic carbocycles. The van der Waals surface area contributed by atoms with E-state index in [9.17, 15) is 4.79 Å². The van der Waals surface area contributed by atoms with Crippen LogP contribution in [0.4, 0.5) is 4.79 Å². The van der Waals surface area contributed by atoms with Gasteiger partial charge in [0, 0.05) is 23.6 Å². The van der Waals surface area contributed by atoms with Gasteiger partial charge in [0.2, 0.25) is 0 Å². The number of nitrogens with one attached hydrogen (secondary N) is 2. The van der Waals surface area contributed by atoms with E-state index in [-0.39, 0.29) is 12.1 Å². The quantitative estimate of drug-likeness (QED) is 0.198. The van der Waals surface area contributed by atoms with E-state index in [4.69, 9.17) is 4.74 Å². The molecule has 0 saturated carbocycles. The Kier molecular flexibility index (Phi) is 7.47. The van der Waals surface area contributed by atoms with Crippen LogP contribution in [-0.4, -0.2) is 43.1 Å². The van der Waals surface area contributed by atoms with Gasteiger partial charge in [-0.1, -0.05) is 47.8 Å². The van der Waals surface area contributed by atoms with Gasteiger partial charge in [0.05, 0.1) is 29.8 Å². The summed E-state index contributed by atoms with van der Waals surface area (Å²) in [5.74, 6) is 8.77. The molecule has 1 fully saturated rings. The summed E-state index contributed by atoms with van der Waals surface area (Å²) in [5, 5.41) is 0. The smallest absolute Gasteiger partial charge is 0.410 e. The van der Waals surface area contributed by atoms with Crippen molar-refractivity contribution < 1.29 is 9.53 Å². The predicted molar refractivity (Wildman–Crippen MR) is 165 cm³/mol. The van der Waals surface area contributed by atoms with E-state index >= 15 is 0 Å². The van der Waals surface area contributed by atoms with E-state index in [1.54, 1.807) is 4.90 Å². The van der Waals surface area contributed by atoms with Crippen molar-refractivity contribution in [3.63, 3.8) is 0 Å². The molecule has 1 aliphatic heterocycles. The van der Waals surface area contributed by atoms with Crippen LogP contribution in [0, 0.1) is 11.8 Å². The molecule has 3 heterocycles. The number of H-pyrrole nitrogens is 2. The van der Waals surface area contributed by atoms with E-state index in [1.165, 1.54) is 5.57 Å². The molecule has 0 spiro atoms. The second-order valence-corrected chi connectivity index (χ2v) is 12.3. The molecule has 2 aromatic heterocycles. The Balaban J connectivity index is 1.09. The van der Waals surface area contributed by atoms with Crippen molar-refractivity contribution in [3.8, 4) is 34.4 Å². The number of allylic oxidation sites excluding steroid dienone is 2. The van der Waals surface area contributed by atoms with Crippen molar-refractivity contribution >= 4 is 6.09 Å². The first-order valence-corrected chi connectivity index (χ1v) is 14.7. The summed E-state index contributed by atoms with van der Waals surface area (Å²) in [6, 6.07) is 16.3. The highest BCUT2D eigenvalue weighted by Crippen LogP contribution is 2.33. The lowest BCUT2D eigenvalue weighted by Crippen LogP contribution is -2.36. The van der Waals surface area contributed by atoms with Gasteiger partial charge in [-0.25, -0.2) is 14.8 Å². The molecule has 1 saturated heterocycles. The lowest BCUT2D eigenvalue weighted by molar-refractivity contribution is 0.0218. The van der Waals surface area contributed by atoms with Crippen molar-refractivity contribution in [2.24, 2.45) is 0 Å². The zero-order valence-corrected chi connectivity index (χ0v) is 24.7. The number of carbonyl (C=O) groups excluding carboxylic acids is 1. The number of hydrogen-bond acceptors (Lipinski definition) is 4. The van der Waals surface area contributed by atoms with Gasteiger partial charge in [0.1, 0.15) is 17.2 Å². The van der Waals surface area contributed by atoms with E-state index in [0.717, 1.165) is 71.0 Å². The molecule has 0 radical (unpaired) electrons. The Morgan fingerprint density at radius 2 is 1.45 bits per heavy atom. The lowest BCUT2D eigenvalue weighted by Gasteiger charge is -2.27. The summed E-state index contributed by atoms with van der Waals surface area (Å²) in [7, 11) is 0. The second-order valence-electron chi connectivity index (χ2n) is 12.3. The first kappa shape index (κ1) is 27.6. The molecule has 0 unspecified atom stereocenters. The monoisotopic (exact) mass is 559 g/mol. The standard InChI is InChI=1S/C35H37N5O2/c1-23-7-14-28(20-23)32-36-21-29(38-32)26-15-10-24(11-16-26)8-9-25-12-17-27(18-13-25)30-22-37-33(39-30)31-6-5-19-40(31)34(41)42-35(2,3)4/h10-13,15-18,20-22,28,31H,5-7,14,19H2,1-4H3,(H,36,38)(H,37,39)/t28-,31-/m0/s1. The van der Waals surface area contributed by atoms with Gasteiger partial charge in [-0.15, -0.1) is 0 Å². The first-order chi connectivity index (χ1) is 20.2. The van der Waals surface area contributed by atoms with Crippen LogP contribution in [0.5, 0.6) is 0 Å². The Morgan fingerprint density at radius 1 is 0.881 bits per heavy atom. The van der Waals surface area contributed by atoms with Gasteiger partial charge >= 0.3 is 6.09 Å². The number of ether oxygens (including phenoxy) is 1. The fourth-order valence-electron chi connectivity index (χ4n) is 5.63. The molecular weight excluding hydrogens is 522 g/mol. The van der Waals surface area contributed by atoms with E-state index in [0.29, 0.717) is 12.5 Å². The van der Waals surface area contributed by atoms with E-state index < -0.39 is 5.60 Å². The number of benzene rings is 2. The third-order valence-electron chi connectivity index (χ3n) is 7.82. The molecule has 42 heavy (non-hydrogen) atoms. The van der Waals surface area contributed by atoms with Crippen LogP contribution in [0.2, 0.25) is 0 Å². The molecule has 6 rings (SSSR count). The maximum atomic E-state index is 12.7. The van der Waals surface area contributed by atoms with Crippen LogP contribution in [-0.2, 0) is 4.74 Å². The maximum absolute atomic E-state index is 12.7. The fourth-order valence-corrected chi connectivity index (χ4v) is 5.63. The number of carbonyl (C=O) groups is 1. The van der Waals surface area contributed by atoms with Crippen molar-refractivity contribution in [2.45, 2.75) is 70.9 Å². The molecule has 2 N–H and O–H groups in total. The molecule has 1 amide bonds. The summed E-state index contributed by atoms with van der Waals surface area (Å²) in [6.07, 6.45) is 9.86. The van der Waals surface area contributed by atoms with E-state index in [1.807, 2.05) is 69.6 Å². The topological polar surface area (TPSA) is 86.9 Å². The molecule has 2 atom stereocenters. The maximum Gasteiger partial charge on any atom is 0.410 e. The van der Waals surface area contributed by atoms with Crippen molar-refractivity contribution in [3.05, 3.63) is 95.3 Å². The number of aromatic amines is 2. The molecule has 4 aromatic rings. The van der Waals surface area contributed by atoms with Gasteiger partial charge in [-0.3, -0.25) is 4.90 Å². The number of likely N-dealkylation sites (tertiary alicyclic amines) is 1. The van der Waals surface area contributed by atoms with Gasteiger partial charge in [0.25, 0.3) is 0 Å². The fraction of sp³-hybridized carbons (Fsp3) is 0.343. The summed E-state index contributed by atoms with van der Waals surface area (Å²) in [6.45, 7) is 8.52. The highest BCUT2D eigenvalue weighted by atomic mass is 16.6. The number of imidazole rings is 2. The van der Waals surface area contributed by atoms with Gasteiger partial charge < -0.3 is 14.7 Å². The molecular formula is C35H37N5O2. The highest BCUT2D eigenvalue weighted by molar-refractivity contribution is 5.69. The number of nitrogens with zero attached hydrogens (tertiary/aromatic N) is 3. The van der Waals surface area contributed by atoms with Crippen LogP contribution in [0.15, 0.2) is 72.6 Å². The van der Waals surface area contributed by atoms with Crippen LogP contribution in [0.1, 0.15) is 88.1 Å². The third-order valence-corrected chi connectivity index (χ3v) is 7.82. The average Bonchev–Trinajstić information content (AvgIpc) is 3.78. The summed E-state index contributed by atoms with van der Waals surface area (Å²) < 4.78 is 5.61. The zero-order chi connectivity index (χ0) is 29.3. The summed E-state index contributed by atoms with van der Waals surface area (Å²) in [4.78, 5) is 30.6. The number of rotatable bonds is 4. The normalized spacial score (nSPS) is 18.5. The van der Waals surface area contributed by atoms with Crippen molar-refractivity contribution in [1.29, 1.82) is 0 Å². The lowest BCUT2D eigenvalue weighted by atomic mass is 10.1. The minimum atomic E-state index is -0.525. The van der Waals surface area contributed by atoms with Crippen molar-refractivity contribution in [1.82, 2.24) is 24.8 Å². The molecule has 7 nitrogen and oxygen atoms in total. The van der Waals surface area contributed by atoms with Gasteiger partial charge in [-0.2, -0.15) is 0 Å². The number of hydrogen-bond donors (Lipinski definition) is 2. The summed E-state index contributed by atoms with van der Waals surface area (Å²) in [5.41, 5.74) is 6.89. The molecule has 0 bridgehead atoms. The SMILES string of the molecule is CC1=C[C@@H](c2ncc(-c3ccc(C#Cc4ccc(-c5cnc([C@@H]6CCCN6C(=O)OC(C)(C)C)[nH]5)cc4)cc3)[nH]2)CC1. The van der Waals surface area contributed by atoms with Crippen LogP contribution in [0.25, 0.3) is 22.5 Å². The zero-order valence-electron chi connectivity index (χ0n) is 24.7. The van der Waals surface area contributed by atoms with Crippen LogP contribution < -0.4 is 0 Å². The van der Waals surface area contributed by atoms with Crippen molar-refractivity contribution in [2.75, 3.05) is 6.54 Å². The largest absolute Gasteiger partial charge is 0.444 e. The Labute approximate surface area is 247 Å². The number of aromatic nitrogens is 4. The highest BCUT2D eigenvalue weighted by Gasteiger charge is 2.34.